The van der Waals surface area contributed by atoms with Crippen LogP contribution in [0.3, 0.4) is 0 Å². The van der Waals surface area contributed by atoms with E-state index in [0.717, 1.165) is 15.8 Å². The van der Waals surface area contributed by atoms with Gasteiger partial charge in [0, 0.05) is 15.2 Å². The molecule has 0 spiro atoms. The summed E-state index contributed by atoms with van der Waals surface area (Å²) < 4.78 is 6.44. The van der Waals surface area contributed by atoms with E-state index >= 15 is 0 Å². The highest BCUT2D eigenvalue weighted by Crippen LogP contribution is 2.32. The highest BCUT2D eigenvalue weighted by atomic mass is 35.5. The monoisotopic (exact) mass is 456 g/mol. The molecule has 4 rings (SSSR count). The Morgan fingerprint density at radius 1 is 1.20 bits per heavy atom. The van der Waals surface area contributed by atoms with Gasteiger partial charge < -0.3 is 4.42 Å². The number of rotatable bonds is 7. The second-order valence-electron chi connectivity index (χ2n) is 7.16. The fourth-order valence-corrected chi connectivity index (χ4v) is 5.15. The molecule has 4 nitrogen and oxygen atoms in total. The van der Waals surface area contributed by atoms with Crippen LogP contribution in [0.15, 0.2) is 70.2 Å². The molecular formula is C23H21ClN2O2S2. The Morgan fingerprint density at radius 2 is 2.00 bits per heavy atom. The molecule has 0 N–H and O–H groups in total. The number of aromatic nitrogens is 1. The quantitative estimate of drug-likeness (QED) is 0.286. The van der Waals surface area contributed by atoms with E-state index in [2.05, 4.69) is 31.0 Å². The van der Waals surface area contributed by atoms with Gasteiger partial charge in [-0.2, -0.15) is 0 Å². The fraction of sp³-hybridized carbons (Fsp3) is 0.217. The molecule has 0 saturated heterocycles. The van der Waals surface area contributed by atoms with Crippen molar-refractivity contribution >= 4 is 56.0 Å². The van der Waals surface area contributed by atoms with Crippen molar-refractivity contribution in [2.24, 2.45) is 0 Å². The largest absolute Gasteiger partial charge is 0.467 e. The summed E-state index contributed by atoms with van der Waals surface area (Å²) >= 11 is 9.38. The molecular weight excluding hydrogens is 436 g/mol. The number of benzene rings is 2. The van der Waals surface area contributed by atoms with Crippen LogP contribution in [0.1, 0.15) is 25.2 Å². The van der Waals surface area contributed by atoms with Gasteiger partial charge in [0.15, 0.2) is 5.13 Å². The van der Waals surface area contributed by atoms with Crippen LogP contribution >= 0.6 is 34.7 Å². The van der Waals surface area contributed by atoms with E-state index in [1.54, 1.807) is 11.2 Å². The summed E-state index contributed by atoms with van der Waals surface area (Å²) in [6, 6.07) is 17.4. The van der Waals surface area contributed by atoms with Crippen molar-refractivity contribution in [1.82, 2.24) is 4.98 Å². The summed E-state index contributed by atoms with van der Waals surface area (Å²) in [6.45, 7) is 4.67. The number of anilines is 1. The normalized spacial score (nSPS) is 11.3. The molecule has 154 valence electrons. The van der Waals surface area contributed by atoms with Crippen LogP contribution in [0, 0.1) is 0 Å². The molecule has 2 aromatic carbocycles. The third-order valence-corrected chi connectivity index (χ3v) is 6.71. The number of thioether (sulfide) groups is 1. The average Bonchev–Trinajstić information content (AvgIpc) is 3.36. The third kappa shape index (κ3) is 5.06. The van der Waals surface area contributed by atoms with Gasteiger partial charge >= 0.3 is 0 Å². The molecule has 7 heteroatoms. The number of thiazole rings is 1. The number of nitrogens with zero attached hydrogens (tertiary/aromatic N) is 2. The Labute approximate surface area is 188 Å². The lowest BCUT2D eigenvalue weighted by molar-refractivity contribution is -0.118. The highest BCUT2D eigenvalue weighted by Gasteiger charge is 2.21. The number of halogens is 1. The standard InChI is InChI=1S/C23H21ClN2O2S2/c1-15(2)29-19-8-5-16(6-9-19)12-22(27)26(14-18-4-3-11-28-18)23-25-20-10-7-17(24)13-21(20)30-23/h3-11,13,15H,12,14H2,1-2H3. The van der Waals surface area contributed by atoms with Crippen molar-refractivity contribution in [1.29, 1.82) is 0 Å². The molecule has 1 amide bonds. The maximum absolute atomic E-state index is 13.3. The molecule has 2 heterocycles. The van der Waals surface area contributed by atoms with Crippen molar-refractivity contribution in [3.8, 4) is 0 Å². The van der Waals surface area contributed by atoms with Crippen LogP contribution in [-0.2, 0) is 17.8 Å². The lowest BCUT2D eigenvalue weighted by Crippen LogP contribution is -2.31. The molecule has 0 atom stereocenters. The highest BCUT2D eigenvalue weighted by molar-refractivity contribution is 7.99. The topological polar surface area (TPSA) is 46.3 Å². The number of amides is 1. The lowest BCUT2D eigenvalue weighted by Gasteiger charge is -2.19. The van der Waals surface area contributed by atoms with Gasteiger partial charge in [0.05, 0.1) is 29.4 Å². The molecule has 0 unspecified atom stereocenters. The summed E-state index contributed by atoms with van der Waals surface area (Å²) in [5.74, 6) is 0.685. The first-order valence-corrected chi connectivity index (χ1v) is 11.7. The summed E-state index contributed by atoms with van der Waals surface area (Å²) in [5, 5.41) is 1.82. The van der Waals surface area contributed by atoms with Gasteiger partial charge in [-0.05, 0) is 48.0 Å². The zero-order valence-electron chi connectivity index (χ0n) is 16.7. The van der Waals surface area contributed by atoms with Crippen LogP contribution in [0.5, 0.6) is 0 Å². The van der Waals surface area contributed by atoms with Crippen LogP contribution < -0.4 is 4.90 Å². The summed E-state index contributed by atoms with van der Waals surface area (Å²) in [7, 11) is 0. The molecule has 0 fully saturated rings. The molecule has 0 aliphatic rings. The Bertz CT molecular complexity index is 1140. The molecule has 4 aromatic rings. The zero-order chi connectivity index (χ0) is 21.1. The minimum Gasteiger partial charge on any atom is -0.467 e. The second-order valence-corrected chi connectivity index (χ2v) is 10.3. The SMILES string of the molecule is CC(C)Sc1ccc(CC(=O)N(Cc2ccco2)c2nc3ccc(Cl)cc3s2)cc1. The fourth-order valence-electron chi connectivity index (χ4n) is 3.05. The van der Waals surface area contributed by atoms with Crippen molar-refractivity contribution in [2.75, 3.05) is 4.90 Å². The van der Waals surface area contributed by atoms with Crippen LogP contribution in [0.2, 0.25) is 5.02 Å². The third-order valence-electron chi connectivity index (χ3n) is 4.42. The Kier molecular flexibility index (Phi) is 6.46. The smallest absolute Gasteiger partial charge is 0.233 e. The maximum atomic E-state index is 13.3. The van der Waals surface area contributed by atoms with E-state index in [9.17, 15) is 4.79 Å². The molecule has 0 saturated carbocycles. The van der Waals surface area contributed by atoms with Gasteiger partial charge in [0.25, 0.3) is 0 Å². The van der Waals surface area contributed by atoms with Gasteiger partial charge in [-0.3, -0.25) is 9.69 Å². The van der Waals surface area contributed by atoms with Crippen LogP contribution in [-0.4, -0.2) is 16.1 Å². The summed E-state index contributed by atoms with van der Waals surface area (Å²) in [5.41, 5.74) is 1.80. The number of hydrogen-bond donors (Lipinski definition) is 0. The van der Waals surface area contributed by atoms with Gasteiger partial charge in [-0.25, -0.2) is 4.98 Å². The van der Waals surface area contributed by atoms with Crippen molar-refractivity contribution in [2.45, 2.75) is 37.0 Å². The first-order chi connectivity index (χ1) is 14.5. The second kappa shape index (κ2) is 9.25. The van der Waals surface area contributed by atoms with E-state index < -0.39 is 0 Å². The van der Waals surface area contributed by atoms with Gasteiger partial charge in [0.2, 0.25) is 5.91 Å². The van der Waals surface area contributed by atoms with Gasteiger partial charge in [0.1, 0.15) is 5.76 Å². The van der Waals surface area contributed by atoms with E-state index in [1.807, 2.05) is 54.2 Å². The number of carbonyl (C=O) groups excluding carboxylic acids is 1. The molecule has 30 heavy (non-hydrogen) atoms. The van der Waals surface area contributed by atoms with E-state index in [4.69, 9.17) is 16.0 Å². The lowest BCUT2D eigenvalue weighted by atomic mass is 10.1. The van der Waals surface area contributed by atoms with E-state index in [-0.39, 0.29) is 5.91 Å². The molecule has 0 bridgehead atoms. The molecule has 2 aromatic heterocycles. The maximum Gasteiger partial charge on any atom is 0.233 e. The number of fused-ring (bicyclic) bond motifs is 1. The van der Waals surface area contributed by atoms with Crippen molar-refractivity contribution in [3.05, 3.63) is 77.2 Å². The minimum atomic E-state index is -0.0270. The van der Waals surface area contributed by atoms with Gasteiger partial charge in [-0.15, -0.1) is 11.8 Å². The van der Waals surface area contributed by atoms with Crippen molar-refractivity contribution < 1.29 is 9.21 Å². The van der Waals surface area contributed by atoms with Gasteiger partial charge in [-0.1, -0.05) is 48.9 Å². The van der Waals surface area contributed by atoms with Crippen LogP contribution in [0.25, 0.3) is 10.2 Å². The van der Waals surface area contributed by atoms with E-state index in [0.29, 0.717) is 34.1 Å². The Balaban J connectivity index is 1.59. The number of furan rings is 1. The number of carbonyl (C=O) groups is 1. The first kappa shape index (κ1) is 21.0. The minimum absolute atomic E-state index is 0.0270. The molecule has 0 aliphatic carbocycles. The Hall–Kier alpha value is -2.28. The number of hydrogen-bond acceptors (Lipinski definition) is 5. The van der Waals surface area contributed by atoms with Crippen molar-refractivity contribution in [3.63, 3.8) is 0 Å². The molecule has 0 aliphatic heterocycles. The Morgan fingerprint density at radius 3 is 2.70 bits per heavy atom. The van der Waals surface area contributed by atoms with E-state index in [1.165, 1.54) is 16.2 Å². The van der Waals surface area contributed by atoms with Crippen LogP contribution in [0.4, 0.5) is 5.13 Å². The first-order valence-electron chi connectivity index (χ1n) is 9.62. The predicted molar refractivity (Wildman–Crippen MR) is 126 cm³/mol. The summed E-state index contributed by atoms with van der Waals surface area (Å²) in [6.07, 6.45) is 1.91. The predicted octanol–water partition coefficient (Wildman–Crippen LogP) is 6.82. The summed E-state index contributed by atoms with van der Waals surface area (Å²) in [4.78, 5) is 20.8. The average molecular weight is 457 g/mol. The molecule has 0 radical (unpaired) electrons. The zero-order valence-corrected chi connectivity index (χ0v) is 19.1.